The van der Waals surface area contributed by atoms with Crippen molar-refractivity contribution in [2.24, 2.45) is 0 Å². The Morgan fingerprint density at radius 1 is 1.28 bits per heavy atom. The van der Waals surface area contributed by atoms with Crippen LogP contribution in [0.25, 0.3) is 0 Å². The first kappa shape index (κ1) is 12.2. The van der Waals surface area contributed by atoms with Crippen molar-refractivity contribution < 1.29 is 9.63 Å². The second-order valence-electron chi connectivity index (χ2n) is 5.23. The van der Waals surface area contributed by atoms with Crippen LogP contribution in [0.3, 0.4) is 0 Å². The van der Waals surface area contributed by atoms with Crippen molar-refractivity contribution in [3.05, 3.63) is 21.9 Å². The van der Waals surface area contributed by atoms with Gasteiger partial charge in [0.15, 0.2) is 0 Å². The van der Waals surface area contributed by atoms with E-state index in [0.29, 0.717) is 0 Å². The van der Waals surface area contributed by atoms with E-state index in [9.17, 15) is 4.79 Å². The molecular formula is C14H19NO2S. The zero-order valence-corrected chi connectivity index (χ0v) is 11.3. The molecule has 98 valence electrons. The number of thiophene rings is 1. The average molecular weight is 265 g/mol. The predicted molar refractivity (Wildman–Crippen MR) is 71.5 cm³/mol. The number of nitrogens with one attached hydrogen (secondary N) is 1. The number of hydrogen-bond acceptors (Lipinski definition) is 3. The number of carbonyl (C=O) groups excluding carboxylic acids is 1. The molecule has 1 atom stereocenters. The maximum absolute atomic E-state index is 12.2. The van der Waals surface area contributed by atoms with Crippen molar-refractivity contribution in [2.45, 2.75) is 57.0 Å². The molecule has 0 radical (unpaired) electrons. The van der Waals surface area contributed by atoms with Crippen molar-refractivity contribution in [1.82, 2.24) is 5.48 Å². The van der Waals surface area contributed by atoms with Crippen LogP contribution in [0.2, 0.25) is 0 Å². The largest absolute Gasteiger partial charge is 0.272 e. The highest BCUT2D eigenvalue weighted by Gasteiger charge is 2.28. The molecule has 2 aliphatic rings. The number of carbonyl (C=O) groups is 1. The summed E-state index contributed by atoms with van der Waals surface area (Å²) in [5.74, 6) is 0.0441. The van der Waals surface area contributed by atoms with E-state index in [4.69, 9.17) is 4.84 Å². The van der Waals surface area contributed by atoms with Gasteiger partial charge in [-0.05, 0) is 49.1 Å². The molecule has 0 aliphatic heterocycles. The topological polar surface area (TPSA) is 38.3 Å². The van der Waals surface area contributed by atoms with Gasteiger partial charge in [0.05, 0.1) is 12.0 Å². The Hall–Kier alpha value is -0.870. The van der Waals surface area contributed by atoms with Gasteiger partial charge in [0.25, 0.3) is 5.91 Å². The summed E-state index contributed by atoms with van der Waals surface area (Å²) in [6.45, 7) is 0. The molecule has 3 nitrogen and oxygen atoms in total. The SMILES string of the molecule is O=C(NOC1CCCC1)C1CCCc2sccc21. The number of amides is 1. The predicted octanol–water partition coefficient (Wildman–Crippen LogP) is 3.16. The van der Waals surface area contributed by atoms with Crippen LogP contribution < -0.4 is 5.48 Å². The molecule has 0 spiro atoms. The van der Waals surface area contributed by atoms with Crippen LogP contribution in [0.1, 0.15) is 54.9 Å². The number of rotatable bonds is 3. The first-order valence-electron chi connectivity index (χ1n) is 6.86. The van der Waals surface area contributed by atoms with Crippen LogP contribution >= 0.6 is 11.3 Å². The molecule has 3 rings (SSSR count). The van der Waals surface area contributed by atoms with Crippen molar-refractivity contribution in [3.8, 4) is 0 Å². The highest BCUT2D eigenvalue weighted by Crippen LogP contribution is 2.35. The van der Waals surface area contributed by atoms with E-state index >= 15 is 0 Å². The molecule has 1 heterocycles. The van der Waals surface area contributed by atoms with Gasteiger partial charge >= 0.3 is 0 Å². The molecule has 1 aromatic rings. The Kier molecular flexibility index (Phi) is 3.66. The monoisotopic (exact) mass is 265 g/mol. The van der Waals surface area contributed by atoms with E-state index in [1.54, 1.807) is 11.3 Å². The summed E-state index contributed by atoms with van der Waals surface area (Å²) in [6.07, 6.45) is 8.01. The molecule has 4 heteroatoms. The lowest BCUT2D eigenvalue weighted by molar-refractivity contribution is -0.140. The van der Waals surface area contributed by atoms with Crippen LogP contribution in [-0.2, 0) is 16.1 Å². The van der Waals surface area contributed by atoms with Gasteiger partial charge in [0.2, 0.25) is 0 Å². The normalized spacial score (nSPS) is 23.9. The van der Waals surface area contributed by atoms with Crippen LogP contribution in [0.5, 0.6) is 0 Å². The smallest absolute Gasteiger partial charge is 0.251 e. The molecule has 1 saturated carbocycles. The van der Waals surface area contributed by atoms with E-state index < -0.39 is 0 Å². The minimum absolute atomic E-state index is 0.00130. The Labute approximate surface area is 111 Å². The fraction of sp³-hybridized carbons (Fsp3) is 0.643. The number of hydrogen-bond donors (Lipinski definition) is 1. The molecule has 0 aromatic carbocycles. The summed E-state index contributed by atoms with van der Waals surface area (Å²) in [4.78, 5) is 19.1. The summed E-state index contributed by atoms with van der Waals surface area (Å²) in [7, 11) is 0. The molecule has 0 bridgehead atoms. The Morgan fingerprint density at radius 2 is 2.11 bits per heavy atom. The molecule has 18 heavy (non-hydrogen) atoms. The first-order chi connectivity index (χ1) is 8.84. The van der Waals surface area contributed by atoms with Crippen molar-refractivity contribution in [2.75, 3.05) is 0 Å². The van der Waals surface area contributed by atoms with Crippen molar-refractivity contribution >= 4 is 17.2 Å². The van der Waals surface area contributed by atoms with Crippen LogP contribution in [0, 0.1) is 0 Å². The summed E-state index contributed by atoms with van der Waals surface area (Å²) in [5, 5.41) is 2.09. The van der Waals surface area contributed by atoms with E-state index in [1.165, 1.54) is 23.3 Å². The van der Waals surface area contributed by atoms with Crippen LogP contribution in [0.4, 0.5) is 0 Å². The average Bonchev–Trinajstić information content (AvgIpc) is 3.05. The fourth-order valence-corrected chi connectivity index (χ4v) is 3.97. The van der Waals surface area contributed by atoms with Gasteiger partial charge in [-0.1, -0.05) is 12.8 Å². The second kappa shape index (κ2) is 5.41. The lowest BCUT2D eigenvalue weighted by Gasteiger charge is -2.22. The lowest BCUT2D eigenvalue weighted by atomic mass is 9.87. The third-order valence-electron chi connectivity index (χ3n) is 4.00. The van der Waals surface area contributed by atoms with Gasteiger partial charge in [-0.25, -0.2) is 5.48 Å². The van der Waals surface area contributed by atoms with Gasteiger partial charge < -0.3 is 0 Å². The highest BCUT2D eigenvalue weighted by molar-refractivity contribution is 7.10. The van der Waals surface area contributed by atoms with E-state index in [0.717, 1.165) is 32.1 Å². The number of aryl methyl sites for hydroxylation is 1. The summed E-state index contributed by atoms with van der Waals surface area (Å²) < 4.78 is 0. The molecule has 2 aliphatic carbocycles. The standard InChI is InChI=1S/C14H19NO2S/c16-14(15-17-10-4-1-2-5-10)12-6-3-7-13-11(12)8-9-18-13/h8-10,12H,1-7H2,(H,15,16). The molecule has 1 unspecified atom stereocenters. The molecular weight excluding hydrogens is 246 g/mol. The zero-order valence-electron chi connectivity index (χ0n) is 10.5. The van der Waals surface area contributed by atoms with Crippen molar-refractivity contribution in [1.29, 1.82) is 0 Å². The second-order valence-corrected chi connectivity index (χ2v) is 6.24. The summed E-state index contributed by atoms with van der Waals surface area (Å²) >= 11 is 1.77. The molecule has 1 amide bonds. The fourth-order valence-electron chi connectivity index (χ4n) is 2.98. The maximum Gasteiger partial charge on any atom is 0.251 e. The Bertz CT molecular complexity index is 423. The van der Waals surface area contributed by atoms with Gasteiger partial charge in [-0.15, -0.1) is 11.3 Å². The van der Waals surface area contributed by atoms with Crippen LogP contribution in [0.15, 0.2) is 11.4 Å². The van der Waals surface area contributed by atoms with Gasteiger partial charge in [-0.3, -0.25) is 9.63 Å². The lowest BCUT2D eigenvalue weighted by Crippen LogP contribution is -2.33. The Morgan fingerprint density at radius 3 is 2.94 bits per heavy atom. The van der Waals surface area contributed by atoms with Gasteiger partial charge in [0.1, 0.15) is 0 Å². The van der Waals surface area contributed by atoms with E-state index in [2.05, 4.69) is 16.9 Å². The molecule has 0 saturated heterocycles. The van der Waals surface area contributed by atoms with E-state index in [-0.39, 0.29) is 17.9 Å². The molecule has 1 fully saturated rings. The zero-order chi connectivity index (χ0) is 12.4. The third-order valence-corrected chi connectivity index (χ3v) is 4.99. The minimum Gasteiger partial charge on any atom is -0.272 e. The van der Waals surface area contributed by atoms with Gasteiger partial charge in [-0.2, -0.15) is 0 Å². The summed E-state index contributed by atoms with van der Waals surface area (Å²) in [6, 6.07) is 2.10. The maximum atomic E-state index is 12.2. The van der Waals surface area contributed by atoms with Gasteiger partial charge in [0, 0.05) is 4.88 Å². The molecule has 1 aromatic heterocycles. The van der Waals surface area contributed by atoms with E-state index in [1.807, 2.05) is 0 Å². The summed E-state index contributed by atoms with van der Waals surface area (Å²) in [5.41, 5.74) is 3.91. The third kappa shape index (κ3) is 2.45. The van der Waals surface area contributed by atoms with Crippen molar-refractivity contribution in [3.63, 3.8) is 0 Å². The highest BCUT2D eigenvalue weighted by atomic mass is 32.1. The van der Waals surface area contributed by atoms with Crippen LogP contribution in [-0.4, -0.2) is 12.0 Å². The minimum atomic E-state index is 0.00130. The molecule has 1 N–H and O–H groups in total. The quantitative estimate of drug-likeness (QED) is 0.853. The number of hydroxylamine groups is 1. The Balaban J connectivity index is 1.60. The first-order valence-corrected chi connectivity index (χ1v) is 7.74. The number of fused-ring (bicyclic) bond motifs is 1.